The molecule has 154 valence electrons. The molecule has 0 radical (unpaired) electrons. The fourth-order valence-electron chi connectivity index (χ4n) is 2.80. The summed E-state index contributed by atoms with van der Waals surface area (Å²) in [5.41, 5.74) is 6.43. The van der Waals surface area contributed by atoms with Gasteiger partial charge in [-0.05, 0) is 31.0 Å². The Bertz CT molecular complexity index is 838. The van der Waals surface area contributed by atoms with E-state index in [-0.39, 0.29) is 17.4 Å². The van der Waals surface area contributed by atoms with Crippen LogP contribution in [0.15, 0.2) is 54.6 Å². The molecule has 0 heterocycles. The molecule has 0 spiro atoms. The van der Waals surface area contributed by atoms with Crippen LogP contribution >= 0.6 is 0 Å². The van der Waals surface area contributed by atoms with E-state index in [0.29, 0.717) is 0 Å². The molecule has 0 aliphatic heterocycles. The van der Waals surface area contributed by atoms with E-state index in [0.717, 1.165) is 18.4 Å². The molecule has 2 amide bonds. The van der Waals surface area contributed by atoms with Gasteiger partial charge in [-0.25, -0.2) is 4.79 Å². The third kappa shape index (κ3) is 6.64. The monoisotopic (exact) mass is 398 g/mol. The number of carbonyl (C=O) groups excluding carboxylic acids is 3. The summed E-state index contributed by atoms with van der Waals surface area (Å²) in [6, 6.07) is 15.8. The molecule has 3 N–H and O–H groups in total. The number of hydrogen-bond donors (Lipinski definition) is 2. The van der Waals surface area contributed by atoms with Crippen molar-refractivity contribution in [3.63, 3.8) is 0 Å². The number of primary amides is 1. The number of hydrogen-bond acceptors (Lipinski definition) is 5. The van der Waals surface area contributed by atoms with E-state index < -0.39 is 30.5 Å². The van der Waals surface area contributed by atoms with Gasteiger partial charge < -0.3 is 20.5 Å². The van der Waals surface area contributed by atoms with Gasteiger partial charge in [-0.15, -0.1) is 0 Å². The Morgan fingerprint density at radius 3 is 2.34 bits per heavy atom. The Morgan fingerprint density at radius 2 is 1.69 bits per heavy atom. The van der Waals surface area contributed by atoms with Crippen LogP contribution in [0.25, 0.3) is 0 Å². The fourth-order valence-corrected chi connectivity index (χ4v) is 2.80. The van der Waals surface area contributed by atoms with Crippen LogP contribution in [0.1, 0.15) is 48.7 Å². The van der Waals surface area contributed by atoms with Gasteiger partial charge in [0.15, 0.2) is 12.7 Å². The third-order valence-electron chi connectivity index (χ3n) is 4.27. The van der Waals surface area contributed by atoms with Crippen molar-refractivity contribution < 1.29 is 23.9 Å². The van der Waals surface area contributed by atoms with Gasteiger partial charge in [0.05, 0.1) is 11.6 Å². The van der Waals surface area contributed by atoms with Gasteiger partial charge in [0.2, 0.25) is 0 Å². The van der Waals surface area contributed by atoms with Crippen molar-refractivity contribution in [2.75, 3.05) is 6.61 Å². The number of rotatable bonds is 10. The zero-order chi connectivity index (χ0) is 21.2. The number of ether oxygens (including phenoxy) is 2. The third-order valence-corrected chi connectivity index (χ3v) is 4.27. The fraction of sp³-hybridized carbons (Fsp3) is 0.318. The Hall–Kier alpha value is -3.35. The summed E-state index contributed by atoms with van der Waals surface area (Å²) < 4.78 is 10.5. The number of carbonyl (C=O) groups is 3. The van der Waals surface area contributed by atoms with Gasteiger partial charge in [0, 0.05) is 0 Å². The molecule has 0 aromatic heterocycles. The van der Waals surface area contributed by atoms with Crippen molar-refractivity contribution >= 4 is 17.8 Å². The molecule has 7 heteroatoms. The lowest BCUT2D eigenvalue weighted by Gasteiger charge is -2.21. The van der Waals surface area contributed by atoms with Crippen molar-refractivity contribution in [3.05, 3.63) is 65.7 Å². The normalized spacial score (nSPS) is 12.5. The quantitative estimate of drug-likeness (QED) is 0.598. The van der Waals surface area contributed by atoms with Crippen molar-refractivity contribution in [1.29, 1.82) is 0 Å². The number of nitrogens with one attached hydrogen (secondary N) is 1. The van der Waals surface area contributed by atoms with Crippen LogP contribution in [-0.4, -0.2) is 30.5 Å². The molecule has 2 rings (SSSR count). The Balaban J connectivity index is 1.90. The maximum atomic E-state index is 12.5. The molecule has 29 heavy (non-hydrogen) atoms. The summed E-state index contributed by atoms with van der Waals surface area (Å²) in [6.07, 6.45) is 0.672. The van der Waals surface area contributed by atoms with E-state index in [1.165, 1.54) is 19.1 Å². The number of para-hydroxylation sites is 1. The van der Waals surface area contributed by atoms with Gasteiger partial charge >= 0.3 is 5.97 Å². The van der Waals surface area contributed by atoms with E-state index in [1.54, 1.807) is 12.1 Å². The SMILES string of the molecule is CCC[C@H](NC(=O)[C@@H](C)OC(=O)COc1ccccc1C(N)=O)c1ccccc1. The molecule has 0 unspecified atom stereocenters. The van der Waals surface area contributed by atoms with E-state index in [1.807, 2.05) is 37.3 Å². The largest absolute Gasteiger partial charge is 0.481 e. The minimum atomic E-state index is -0.986. The Labute approximate surface area is 170 Å². The van der Waals surface area contributed by atoms with Crippen molar-refractivity contribution in [1.82, 2.24) is 5.32 Å². The molecule has 0 aliphatic carbocycles. The van der Waals surface area contributed by atoms with Gasteiger partial charge in [-0.2, -0.15) is 0 Å². The average Bonchev–Trinajstić information content (AvgIpc) is 2.72. The molecular weight excluding hydrogens is 372 g/mol. The van der Waals surface area contributed by atoms with Crippen molar-refractivity contribution in [2.45, 2.75) is 38.8 Å². The van der Waals surface area contributed by atoms with E-state index in [2.05, 4.69) is 5.32 Å². The molecule has 2 aromatic rings. The Kier molecular flexibility index (Phi) is 8.21. The minimum Gasteiger partial charge on any atom is -0.481 e. The Morgan fingerprint density at radius 1 is 1.03 bits per heavy atom. The van der Waals surface area contributed by atoms with Gasteiger partial charge in [-0.3, -0.25) is 9.59 Å². The second-order valence-corrected chi connectivity index (χ2v) is 6.54. The summed E-state index contributed by atoms with van der Waals surface area (Å²) in [4.78, 5) is 35.9. The highest BCUT2D eigenvalue weighted by molar-refractivity contribution is 5.95. The van der Waals surface area contributed by atoms with Gasteiger partial charge in [-0.1, -0.05) is 55.8 Å². The van der Waals surface area contributed by atoms with Crippen LogP contribution in [0, 0.1) is 0 Å². The predicted octanol–water partition coefficient (Wildman–Crippen LogP) is 2.75. The van der Waals surface area contributed by atoms with Gasteiger partial charge in [0.25, 0.3) is 11.8 Å². The van der Waals surface area contributed by atoms with E-state index in [4.69, 9.17) is 15.2 Å². The maximum absolute atomic E-state index is 12.5. The van der Waals surface area contributed by atoms with E-state index >= 15 is 0 Å². The van der Waals surface area contributed by atoms with Crippen LogP contribution in [0.4, 0.5) is 0 Å². The van der Waals surface area contributed by atoms with Crippen molar-refractivity contribution in [3.8, 4) is 5.75 Å². The lowest BCUT2D eigenvalue weighted by molar-refractivity contribution is -0.156. The summed E-state index contributed by atoms with van der Waals surface area (Å²) in [7, 11) is 0. The molecule has 0 saturated heterocycles. The first-order chi connectivity index (χ1) is 13.9. The van der Waals surface area contributed by atoms with Crippen molar-refractivity contribution in [2.24, 2.45) is 5.73 Å². The summed E-state index contributed by atoms with van der Waals surface area (Å²) in [6.45, 7) is 3.09. The molecular formula is C22H26N2O5. The first-order valence-electron chi connectivity index (χ1n) is 9.48. The summed E-state index contributed by atoms with van der Waals surface area (Å²) >= 11 is 0. The highest BCUT2D eigenvalue weighted by Gasteiger charge is 2.22. The van der Waals surface area contributed by atoms with Crippen LogP contribution < -0.4 is 15.8 Å². The predicted molar refractivity (Wildman–Crippen MR) is 108 cm³/mol. The van der Waals surface area contributed by atoms with Crippen LogP contribution in [0.2, 0.25) is 0 Å². The lowest BCUT2D eigenvalue weighted by Crippen LogP contribution is -2.38. The average molecular weight is 398 g/mol. The van der Waals surface area contributed by atoms with Crippen LogP contribution in [0.5, 0.6) is 5.75 Å². The molecule has 0 bridgehead atoms. The zero-order valence-electron chi connectivity index (χ0n) is 16.6. The topological polar surface area (TPSA) is 108 Å². The molecule has 0 saturated carbocycles. The number of nitrogens with two attached hydrogens (primary N) is 1. The maximum Gasteiger partial charge on any atom is 0.344 e. The van der Waals surface area contributed by atoms with Crippen LogP contribution in [0.3, 0.4) is 0 Å². The number of amides is 2. The first-order valence-corrected chi connectivity index (χ1v) is 9.48. The van der Waals surface area contributed by atoms with Crippen LogP contribution in [-0.2, 0) is 14.3 Å². The highest BCUT2D eigenvalue weighted by Crippen LogP contribution is 2.19. The lowest BCUT2D eigenvalue weighted by atomic mass is 10.0. The molecule has 7 nitrogen and oxygen atoms in total. The molecule has 0 fully saturated rings. The second-order valence-electron chi connectivity index (χ2n) is 6.54. The highest BCUT2D eigenvalue weighted by atomic mass is 16.6. The smallest absolute Gasteiger partial charge is 0.344 e. The van der Waals surface area contributed by atoms with Gasteiger partial charge in [0.1, 0.15) is 5.75 Å². The second kappa shape index (κ2) is 10.8. The first kappa shape index (κ1) is 21.9. The standard InChI is InChI=1S/C22H26N2O5/c1-3-9-18(16-10-5-4-6-11-16)24-22(27)15(2)29-20(25)14-28-19-13-8-7-12-17(19)21(23)26/h4-8,10-13,15,18H,3,9,14H2,1-2H3,(H2,23,26)(H,24,27)/t15-,18+/m1/s1. The molecule has 2 atom stereocenters. The number of esters is 1. The zero-order valence-corrected chi connectivity index (χ0v) is 16.6. The summed E-state index contributed by atoms with van der Waals surface area (Å²) in [5.74, 6) is -1.59. The summed E-state index contributed by atoms with van der Waals surface area (Å²) in [5, 5.41) is 2.92. The number of benzene rings is 2. The minimum absolute atomic E-state index is 0.159. The van der Waals surface area contributed by atoms with E-state index in [9.17, 15) is 14.4 Å². The molecule has 2 aromatic carbocycles. The molecule has 0 aliphatic rings.